The van der Waals surface area contributed by atoms with Crippen molar-refractivity contribution in [1.82, 2.24) is 5.32 Å². The van der Waals surface area contributed by atoms with E-state index in [1.54, 1.807) is 12.1 Å². The van der Waals surface area contributed by atoms with Crippen LogP contribution in [0.1, 0.15) is 18.9 Å². The first-order chi connectivity index (χ1) is 8.13. The molecule has 0 fully saturated rings. The van der Waals surface area contributed by atoms with Gasteiger partial charge in [-0.05, 0) is 31.2 Å². The number of hydrogen-bond donors (Lipinski definition) is 1. The quantitative estimate of drug-likeness (QED) is 0.777. The molecule has 0 radical (unpaired) electrons. The van der Waals surface area contributed by atoms with Crippen LogP contribution >= 0.6 is 15.9 Å². The summed E-state index contributed by atoms with van der Waals surface area (Å²) in [5.41, 5.74) is 0.883. The summed E-state index contributed by atoms with van der Waals surface area (Å²) in [4.78, 5) is 0. The molecule has 0 heterocycles. The maximum atomic E-state index is 12.1. The van der Waals surface area contributed by atoms with Gasteiger partial charge in [0.25, 0.3) is 6.43 Å². The Morgan fingerprint density at radius 3 is 2.82 bits per heavy atom. The third-order valence-corrected chi connectivity index (χ3v) is 2.62. The van der Waals surface area contributed by atoms with Crippen LogP contribution in [0.25, 0.3) is 0 Å². The van der Waals surface area contributed by atoms with Crippen LogP contribution in [-0.2, 0) is 6.54 Å². The molecule has 0 atom stereocenters. The third kappa shape index (κ3) is 5.46. The summed E-state index contributed by atoms with van der Waals surface area (Å²) in [7, 11) is 0. The standard InChI is InChI=1S/C12H16BrF2NO/c1-2-5-16-7-9-6-10(13)3-4-11(9)17-8-12(14)15/h3-4,6,12,16H,2,5,7-8H2,1H3. The Labute approximate surface area is 108 Å². The van der Waals surface area contributed by atoms with Crippen molar-refractivity contribution in [2.24, 2.45) is 0 Å². The van der Waals surface area contributed by atoms with Crippen LogP contribution in [0.3, 0.4) is 0 Å². The molecule has 0 bridgehead atoms. The van der Waals surface area contributed by atoms with Crippen molar-refractivity contribution >= 4 is 15.9 Å². The molecule has 17 heavy (non-hydrogen) atoms. The van der Waals surface area contributed by atoms with Gasteiger partial charge in [-0.3, -0.25) is 0 Å². The van der Waals surface area contributed by atoms with Crippen molar-refractivity contribution in [2.45, 2.75) is 26.3 Å². The molecule has 5 heteroatoms. The van der Waals surface area contributed by atoms with E-state index in [2.05, 4.69) is 28.2 Å². The second-order valence-electron chi connectivity index (χ2n) is 3.63. The van der Waals surface area contributed by atoms with E-state index in [1.807, 2.05) is 6.07 Å². The second-order valence-corrected chi connectivity index (χ2v) is 4.55. The first-order valence-corrected chi connectivity index (χ1v) is 6.33. The molecule has 0 saturated heterocycles. The van der Waals surface area contributed by atoms with Gasteiger partial charge in [-0.2, -0.15) is 0 Å². The number of rotatable bonds is 7. The van der Waals surface area contributed by atoms with Gasteiger partial charge >= 0.3 is 0 Å². The zero-order chi connectivity index (χ0) is 12.7. The Morgan fingerprint density at radius 1 is 1.41 bits per heavy atom. The molecule has 0 unspecified atom stereocenters. The number of nitrogens with one attached hydrogen (secondary N) is 1. The fraction of sp³-hybridized carbons (Fsp3) is 0.500. The summed E-state index contributed by atoms with van der Waals surface area (Å²) in [6.07, 6.45) is -1.42. The molecule has 1 rings (SSSR count). The Balaban J connectivity index is 2.66. The van der Waals surface area contributed by atoms with E-state index in [9.17, 15) is 8.78 Å². The molecule has 1 aromatic rings. The molecule has 0 aliphatic heterocycles. The fourth-order valence-electron chi connectivity index (χ4n) is 1.38. The van der Waals surface area contributed by atoms with Crippen molar-refractivity contribution in [1.29, 1.82) is 0 Å². The summed E-state index contributed by atoms with van der Waals surface area (Å²) >= 11 is 3.35. The van der Waals surface area contributed by atoms with E-state index in [4.69, 9.17) is 4.74 Å². The van der Waals surface area contributed by atoms with Crippen molar-refractivity contribution in [3.05, 3.63) is 28.2 Å². The van der Waals surface area contributed by atoms with Gasteiger partial charge in [-0.25, -0.2) is 8.78 Å². The molecule has 0 aromatic heterocycles. The third-order valence-electron chi connectivity index (χ3n) is 2.13. The normalized spacial score (nSPS) is 10.9. The molecule has 2 nitrogen and oxygen atoms in total. The van der Waals surface area contributed by atoms with E-state index in [0.717, 1.165) is 23.0 Å². The van der Waals surface area contributed by atoms with Crippen LogP contribution in [0.2, 0.25) is 0 Å². The molecule has 0 aliphatic carbocycles. The summed E-state index contributed by atoms with van der Waals surface area (Å²) in [6.45, 7) is 3.01. The first kappa shape index (κ1) is 14.4. The maximum Gasteiger partial charge on any atom is 0.272 e. The number of benzene rings is 1. The summed E-state index contributed by atoms with van der Waals surface area (Å²) in [6, 6.07) is 5.36. The molecular formula is C12H16BrF2NO. The maximum absolute atomic E-state index is 12.1. The molecule has 1 N–H and O–H groups in total. The predicted molar refractivity (Wildman–Crippen MR) is 67.6 cm³/mol. The van der Waals surface area contributed by atoms with Crippen molar-refractivity contribution in [2.75, 3.05) is 13.2 Å². The van der Waals surface area contributed by atoms with E-state index in [-0.39, 0.29) is 0 Å². The minimum Gasteiger partial charge on any atom is -0.487 e. The van der Waals surface area contributed by atoms with Gasteiger partial charge in [0, 0.05) is 16.6 Å². The molecular weight excluding hydrogens is 292 g/mol. The highest BCUT2D eigenvalue weighted by molar-refractivity contribution is 9.10. The van der Waals surface area contributed by atoms with Gasteiger partial charge in [-0.15, -0.1) is 0 Å². The van der Waals surface area contributed by atoms with Crippen LogP contribution in [0.15, 0.2) is 22.7 Å². The fourth-order valence-corrected chi connectivity index (χ4v) is 1.79. The zero-order valence-electron chi connectivity index (χ0n) is 9.68. The molecule has 0 aliphatic rings. The zero-order valence-corrected chi connectivity index (χ0v) is 11.3. The lowest BCUT2D eigenvalue weighted by Crippen LogP contribution is -2.15. The van der Waals surface area contributed by atoms with E-state index in [0.29, 0.717) is 12.3 Å². The van der Waals surface area contributed by atoms with Crippen LogP contribution in [0, 0.1) is 0 Å². The van der Waals surface area contributed by atoms with Gasteiger partial charge in [0.2, 0.25) is 0 Å². The van der Waals surface area contributed by atoms with Gasteiger partial charge in [0.05, 0.1) is 0 Å². The minimum atomic E-state index is -2.45. The molecule has 1 aromatic carbocycles. The van der Waals surface area contributed by atoms with Crippen LogP contribution < -0.4 is 10.1 Å². The Hall–Kier alpha value is -0.680. The van der Waals surface area contributed by atoms with Crippen LogP contribution in [0.5, 0.6) is 5.75 Å². The van der Waals surface area contributed by atoms with Gasteiger partial charge in [0.15, 0.2) is 0 Å². The van der Waals surface area contributed by atoms with E-state index < -0.39 is 13.0 Å². The second kappa shape index (κ2) is 7.61. The first-order valence-electron chi connectivity index (χ1n) is 5.53. The molecule has 0 spiro atoms. The number of alkyl halides is 2. The number of halogens is 3. The van der Waals surface area contributed by atoms with Gasteiger partial charge in [-0.1, -0.05) is 22.9 Å². The van der Waals surface area contributed by atoms with Crippen LogP contribution in [0.4, 0.5) is 8.78 Å². The van der Waals surface area contributed by atoms with Gasteiger partial charge < -0.3 is 10.1 Å². The highest BCUT2D eigenvalue weighted by Crippen LogP contribution is 2.23. The Kier molecular flexibility index (Phi) is 6.44. The summed E-state index contributed by atoms with van der Waals surface area (Å²) < 4.78 is 30.2. The van der Waals surface area contributed by atoms with Crippen molar-refractivity contribution < 1.29 is 13.5 Å². The lowest BCUT2D eigenvalue weighted by atomic mass is 10.2. The molecule has 0 saturated carbocycles. The van der Waals surface area contributed by atoms with Crippen molar-refractivity contribution in [3.63, 3.8) is 0 Å². The monoisotopic (exact) mass is 307 g/mol. The number of hydrogen-bond acceptors (Lipinski definition) is 2. The van der Waals surface area contributed by atoms with E-state index in [1.165, 1.54) is 0 Å². The smallest absolute Gasteiger partial charge is 0.272 e. The highest BCUT2D eigenvalue weighted by atomic mass is 79.9. The largest absolute Gasteiger partial charge is 0.487 e. The minimum absolute atomic E-state index is 0.511. The Morgan fingerprint density at radius 2 is 2.18 bits per heavy atom. The molecule has 0 amide bonds. The van der Waals surface area contributed by atoms with Gasteiger partial charge in [0.1, 0.15) is 12.4 Å². The topological polar surface area (TPSA) is 21.3 Å². The summed E-state index contributed by atoms with van der Waals surface area (Å²) in [5, 5.41) is 3.22. The van der Waals surface area contributed by atoms with Crippen LogP contribution in [-0.4, -0.2) is 19.6 Å². The predicted octanol–water partition coefficient (Wildman–Crippen LogP) is 3.59. The SMILES string of the molecule is CCCNCc1cc(Br)ccc1OCC(F)F. The average molecular weight is 308 g/mol. The lowest BCUT2D eigenvalue weighted by Gasteiger charge is -2.12. The Bertz CT molecular complexity index is 347. The number of ether oxygens (including phenoxy) is 1. The van der Waals surface area contributed by atoms with E-state index >= 15 is 0 Å². The summed E-state index contributed by atoms with van der Waals surface area (Å²) in [5.74, 6) is 0.511. The average Bonchev–Trinajstić information content (AvgIpc) is 2.28. The molecule has 96 valence electrons. The lowest BCUT2D eigenvalue weighted by molar-refractivity contribution is 0.0813. The van der Waals surface area contributed by atoms with Crippen molar-refractivity contribution in [3.8, 4) is 5.75 Å². The highest BCUT2D eigenvalue weighted by Gasteiger charge is 2.08.